The molecule has 2 aromatic rings. The Morgan fingerprint density at radius 1 is 1.11 bits per heavy atom. The van der Waals surface area contributed by atoms with Crippen molar-refractivity contribution in [1.82, 2.24) is 10.6 Å². The lowest BCUT2D eigenvalue weighted by Gasteiger charge is -2.30. The van der Waals surface area contributed by atoms with Gasteiger partial charge in [-0.3, -0.25) is 9.52 Å². The Morgan fingerprint density at radius 3 is 2.41 bits per heavy atom. The Labute approximate surface area is 158 Å². The van der Waals surface area contributed by atoms with Gasteiger partial charge in [0.2, 0.25) is 0 Å². The Kier molecular flexibility index (Phi) is 5.76. The van der Waals surface area contributed by atoms with Gasteiger partial charge in [0.15, 0.2) is 0 Å². The van der Waals surface area contributed by atoms with E-state index in [1.54, 1.807) is 12.1 Å². The minimum atomic E-state index is -3.82. The fraction of sp³-hybridized carbons (Fsp3) is 0.316. The van der Waals surface area contributed by atoms with Crippen LogP contribution in [0.3, 0.4) is 0 Å². The van der Waals surface area contributed by atoms with Gasteiger partial charge in [-0.1, -0.05) is 0 Å². The van der Waals surface area contributed by atoms with Gasteiger partial charge in [0.1, 0.15) is 5.82 Å². The molecule has 3 rings (SSSR count). The van der Waals surface area contributed by atoms with E-state index in [9.17, 15) is 17.6 Å². The van der Waals surface area contributed by atoms with E-state index < -0.39 is 15.8 Å². The number of piperidine rings is 1. The van der Waals surface area contributed by atoms with Crippen molar-refractivity contribution in [2.45, 2.75) is 36.7 Å². The van der Waals surface area contributed by atoms with Crippen molar-refractivity contribution in [2.75, 3.05) is 11.3 Å². The van der Waals surface area contributed by atoms with Gasteiger partial charge < -0.3 is 10.6 Å². The molecule has 1 aliphatic rings. The minimum Gasteiger partial charge on any atom is -0.348 e. The number of hydrogen-bond acceptors (Lipinski definition) is 4. The second-order valence-corrected chi connectivity index (χ2v) is 8.28. The average Bonchev–Trinajstić information content (AvgIpc) is 2.64. The van der Waals surface area contributed by atoms with Crippen LogP contribution >= 0.6 is 0 Å². The van der Waals surface area contributed by atoms with E-state index in [2.05, 4.69) is 15.4 Å². The van der Waals surface area contributed by atoms with Crippen molar-refractivity contribution < 1.29 is 17.6 Å². The van der Waals surface area contributed by atoms with Gasteiger partial charge in [-0.15, -0.1) is 0 Å². The predicted molar refractivity (Wildman–Crippen MR) is 102 cm³/mol. The zero-order valence-corrected chi connectivity index (χ0v) is 15.7. The molecule has 0 saturated carbocycles. The first kappa shape index (κ1) is 19.3. The number of nitrogens with one attached hydrogen (secondary N) is 3. The molecule has 1 aliphatic heterocycles. The molecule has 2 aromatic carbocycles. The highest BCUT2D eigenvalue weighted by molar-refractivity contribution is 7.92. The Bertz CT molecular complexity index is 899. The van der Waals surface area contributed by atoms with E-state index in [4.69, 9.17) is 0 Å². The standard InChI is InChI=1S/C19H22FN3O3S/c1-13-18(3-2-12-21-13)22-19(24)14-4-8-16(9-5-14)23-27(25,26)17-10-6-15(20)7-11-17/h4-11,13,18,21,23H,2-3,12H2,1H3,(H,22,24). The summed E-state index contributed by atoms with van der Waals surface area (Å²) in [6.45, 7) is 2.99. The number of carbonyl (C=O) groups is 1. The summed E-state index contributed by atoms with van der Waals surface area (Å²) < 4.78 is 40.0. The van der Waals surface area contributed by atoms with Gasteiger partial charge in [0, 0.05) is 23.3 Å². The smallest absolute Gasteiger partial charge is 0.261 e. The quantitative estimate of drug-likeness (QED) is 0.731. The molecule has 3 N–H and O–H groups in total. The summed E-state index contributed by atoms with van der Waals surface area (Å²) >= 11 is 0. The third-order valence-electron chi connectivity index (χ3n) is 4.60. The second kappa shape index (κ2) is 8.06. The molecule has 1 saturated heterocycles. The van der Waals surface area contributed by atoms with Crippen molar-refractivity contribution in [3.63, 3.8) is 0 Å². The zero-order chi connectivity index (χ0) is 19.4. The van der Waals surface area contributed by atoms with Gasteiger partial charge in [-0.05, 0) is 74.8 Å². The normalized spacial score (nSPS) is 20.1. The highest BCUT2D eigenvalue weighted by Crippen LogP contribution is 2.17. The molecule has 0 radical (unpaired) electrons. The van der Waals surface area contributed by atoms with E-state index in [0.29, 0.717) is 11.3 Å². The van der Waals surface area contributed by atoms with E-state index in [1.165, 1.54) is 24.3 Å². The highest BCUT2D eigenvalue weighted by atomic mass is 32.2. The molecule has 0 aliphatic carbocycles. The van der Waals surface area contributed by atoms with Crippen LogP contribution in [0.25, 0.3) is 0 Å². The van der Waals surface area contributed by atoms with Crippen molar-refractivity contribution in [3.05, 3.63) is 59.9 Å². The molecule has 27 heavy (non-hydrogen) atoms. The fourth-order valence-electron chi connectivity index (χ4n) is 3.01. The van der Waals surface area contributed by atoms with Crippen LogP contribution in [-0.2, 0) is 10.0 Å². The van der Waals surface area contributed by atoms with Gasteiger partial charge in [0.05, 0.1) is 4.90 Å². The number of rotatable bonds is 5. The van der Waals surface area contributed by atoms with Crippen molar-refractivity contribution in [2.24, 2.45) is 0 Å². The second-order valence-electron chi connectivity index (χ2n) is 6.60. The predicted octanol–water partition coefficient (Wildman–Crippen LogP) is 2.50. The molecule has 1 amide bonds. The summed E-state index contributed by atoms with van der Waals surface area (Å²) in [4.78, 5) is 12.4. The third-order valence-corrected chi connectivity index (χ3v) is 6.00. The van der Waals surface area contributed by atoms with Crippen molar-refractivity contribution >= 4 is 21.6 Å². The van der Waals surface area contributed by atoms with Crippen LogP contribution in [0.4, 0.5) is 10.1 Å². The largest absolute Gasteiger partial charge is 0.348 e. The molecule has 8 heteroatoms. The molecule has 2 unspecified atom stereocenters. The van der Waals surface area contributed by atoms with E-state index >= 15 is 0 Å². The van der Waals surface area contributed by atoms with Crippen LogP contribution in [0, 0.1) is 5.82 Å². The first-order chi connectivity index (χ1) is 12.8. The SMILES string of the molecule is CC1NCCCC1NC(=O)c1ccc(NS(=O)(=O)c2ccc(F)cc2)cc1. The van der Waals surface area contributed by atoms with Crippen LogP contribution in [0.15, 0.2) is 53.4 Å². The molecule has 0 aromatic heterocycles. The maximum Gasteiger partial charge on any atom is 0.261 e. The Hall–Kier alpha value is -2.45. The lowest BCUT2D eigenvalue weighted by atomic mass is 9.99. The maximum atomic E-state index is 13.0. The van der Waals surface area contributed by atoms with Crippen LogP contribution in [-0.4, -0.2) is 33.0 Å². The number of halogens is 1. The molecule has 1 fully saturated rings. The third kappa shape index (κ3) is 4.84. The van der Waals surface area contributed by atoms with Gasteiger partial charge >= 0.3 is 0 Å². The van der Waals surface area contributed by atoms with Crippen LogP contribution < -0.4 is 15.4 Å². The minimum absolute atomic E-state index is 0.0375. The van der Waals surface area contributed by atoms with Gasteiger partial charge in [0.25, 0.3) is 15.9 Å². The first-order valence-corrected chi connectivity index (χ1v) is 10.3. The lowest BCUT2D eigenvalue weighted by Crippen LogP contribution is -2.51. The summed E-state index contributed by atoms with van der Waals surface area (Å²) in [6.07, 6.45) is 1.94. The summed E-state index contributed by atoms with van der Waals surface area (Å²) in [5.74, 6) is -0.699. The highest BCUT2D eigenvalue weighted by Gasteiger charge is 2.23. The van der Waals surface area contributed by atoms with E-state index in [-0.39, 0.29) is 22.9 Å². The summed E-state index contributed by atoms with van der Waals surface area (Å²) in [6, 6.07) is 11.0. The summed E-state index contributed by atoms with van der Waals surface area (Å²) in [5.41, 5.74) is 0.779. The molecule has 6 nitrogen and oxygen atoms in total. The topological polar surface area (TPSA) is 87.3 Å². The molecular weight excluding hydrogens is 369 g/mol. The number of anilines is 1. The monoisotopic (exact) mass is 391 g/mol. The molecule has 2 atom stereocenters. The van der Waals surface area contributed by atoms with Gasteiger partial charge in [-0.25, -0.2) is 12.8 Å². The number of benzene rings is 2. The Morgan fingerprint density at radius 2 is 1.78 bits per heavy atom. The van der Waals surface area contributed by atoms with E-state index in [0.717, 1.165) is 31.5 Å². The molecular formula is C19H22FN3O3S. The fourth-order valence-corrected chi connectivity index (χ4v) is 4.07. The molecule has 144 valence electrons. The maximum absolute atomic E-state index is 13.0. The Balaban J connectivity index is 1.66. The number of sulfonamides is 1. The zero-order valence-electron chi connectivity index (χ0n) is 14.9. The summed E-state index contributed by atoms with van der Waals surface area (Å²) in [5, 5.41) is 6.34. The average molecular weight is 391 g/mol. The van der Waals surface area contributed by atoms with Crippen molar-refractivity contribution in [1.29, 1.82) is 0 Å². The summed E-state index contributed by atoms with van der Waals surface area (Å²) in [7, 11) is -3.82. The first-order valence-electron chi connectivity index (χ1n) is 8.78. The molecule has 0 bridgehead atoms. The van der Waals surface area contributed by atoms with Gasteiger partial charge in [-0.2, -0.15) is 0 Å². The number of hydrogen-bond donors (Lipinski definition) is 3. The van der Waals surface area contributed by atoms with Crippen LogP contribution in [0.2, 0.25) is 0 Å². The number of amides is 1. The van der Waals surface area contributed by atoms with Crippen LogP contribution in [0.1, 0.15) is 30.1 Å². The van der Waals surface area contributed by atoms with Crippen LogP contribution in [0.5, 0.6) is 0 Å². The molecule has 0 spiro atoms. The lowest BCUT2D eigenvalue weighted by molar-refractivity contribution is 0.0920. The van der Waals surface area contributed by atoms with E-state index in [1.807, 2.05) is 6.92 Å². The number of carbonyl (C=O) groups excluding carboxylic acids is 1. The van der Waals surface area contributed by atoms with Crippen molar-refractivity contribution in [3.8, 4) is 0 Å². The molecule has 1 heterocycles.